The van der Waals surface area contributed by atoms with Gasteiger partial charge in [0.15, 0.2) is 11.6 Å². The number of aromatic nitrogens is 5. The number of hydrogen-bond donors (Lipinski definition) is 3. The Morgan fingerprint density at radius 3 is 2.21 bits per heavy atom. The molecule has 2 fully saturated rings. The van der Waals surface area contributed by atoms with Crippen LogP contribution in [0.3, 0.4) is 0 Å². The summed E-state index contributed by atoms with van der Waals surface area (Å²) in [6.07, 6.45) is 7.89. The van der Waals surface area contributed by atoms with Crippen LogP contribution < -0.4 is 25.6 Å². The van der Waals surface area contributed by atoms with Crippen LogP contribution in [0.15, 0.2) is 79.3 Å². The normalized spacial score (nSPS) is 15.9. The molecule has 5 aromatic rings. The molecule has 0 aliphatic carbocycles. The molecule has 6 amide bonds. The Labute approximate surface area is 439 Å². The molecule has 2 unspecified atom stereocenters. The van der Waals surface area contributed by atoms with Gasteiger partial charge in [-0.3, -0.25) is 39.0 Å². The summed E-state index contributed by atoms with van der Waals surface area (Å²) in [5.41, 5.74) is 3.00. The lowest BCUT2D eigenvalue weighted by Gasteiger charge is -2.36. The SMILES string of the molecule is CC(NC(=O)c1cccc(NCc2nnc(-c3ccncn3)n2C)c1)c1ccc(OCCCCCCOCCOCCOCCCC(=O)N2CCN(c3cc4c(cc3F)C(=O)N(C3CCC(=O)NC3=O)C4=O)CC2)cc1. The van der Waals surface area contributed by atoms with Crippen LogP contribution in [0.2, 0.25) is 0 Å². The van der Waals surface area contributed by atoms with Gasteiger partial charge in [-0.15, -0.1) is 10.2 Å². The van der Waals surface area contributed by atoms with Gasteiger partial charge in [0, 0.05) is 76.7 Å². The van der Waals surface area contributed by atoms with Crippen LogP contribution in [0.4, 0.5) is 15.8 Å². The number of halogens is 1. The van der Waals surface area contributed by atoms with Crippen molar-refractivity contribution in [1.29, 1.82) is 0 Å². The van der Waals surface area contributed by atoms with Gasteiger partial charge in [0.05, 0.1) is 62.4 Å². The van der Waals surface area contributed by atoms with Crippen LogP contribution in [-0.2, 0) is 42.2 Å². The fourth-order valence-electron chi connectivity index (χ4n) is 9.12. The molecular formula is C54H64FN11O10. The quantitative estimate of drug-likeness (QED) is 0.0461. The van der Waals surface area contributed by atoms with Crippen LogP contribution in [0.1, 0.15) is 107 Å². The summed E-state index contributed by atoms with van der Waals surface area (Å²) in [5, 5.41) is 17.1. The number of carbonyl (C=O) groups excluding carboxylic acids is 6. The maximum Gasteiger partial charge on any atom is 0.262 e. The van der Waals surface area contributed by atoms with Gasteiger partial charge in [0.1, 0.15) is 29.6 Å². The molecule has 8 rings (SSSR count). The van der Waals surface area contributed by atoms with E-state index in [4.69, 9.17) is 18.9 Å². The fraction of sp³-hybridized carbons (Fsp3) is 0.444. The molecule has 2 aromatic heterocycles. The average Bonchev–Trinajstić information content (AvgIpc) is 3.93. The molecule has 76 heavy (non-hydrogen) atoms. The topological polar surface area (TPSA) is 242 Å². The van der Waals surface area contributed by atoms with E-state index >= 15 is 4.39 Å². The fourth-order valence-corrected chi connectivity index (χ4v) is 9.12. The first-order chi connectivity index (χ1) is 36.9. The first-order valence-corrected chi connectivity index (χ1v) is 25.8. The van der Waals surface area contributed by atoms with Gasteiger partial charge in [-0.05, 0) is 93.1 Å². The first kappa shape index (κ1) is 54.6. The van der Waals surface area contributed by atoms with Crippen molar-refractivity contribution < 1.29 is 52.1 Å². The minimum absolute atomic E-state index is 0.00425. The Morgan fingerprint density at radius 2 is 1.50 bits per heavy atom. The maximum absolute atomic E-state index is 15.3. The Morgan fingerprint density at radius 1 is 0.803 bits per heavy atom. The number of nitrogens with one attached hydrogen (secondary N) is 3. The number of imide groups is 2. The second kappa shape index (κ2) is 26.7. The molecule has 3 N–H and O–H groups in total. The lowest BCUT2D eigenvalue weighted by atomic mass is 10.0. The highest BCUT2D eigenvalue weighted by atomic mass is 19.1. The van der Waals surface area contributed by atoms with Crippen LogP contribution in [0.25, 0.3) is 11.5 Å². The summed E-state index contributed by atoms with van der Waals surface area (Å²) < 4.78 is 40.1. The minimum atomic E-state index is -1.14. The highest BCUT2D eigenvalue weighted by Crippen LogP contribution is 2.33. The second-order valence-electron chi connectivity index (χ2n) is 18.7. The maximum atomic E-state index is 15.3. The number of benzene rings is 3. The molecule has 0 spiro atoms. The molecule has 3 aliphatic rings. The van der Waals surface area contributed by atoms with Crippen molar-refractivity contribution >= 4 is 46.8 Å². The van der Waals surface area contributed by atoms with Crippen molar-refractivity contribution in [3.05, 3.63) is 113 Å². The van der Waals surface area contributed by atoms with Crippen molar-refractivity contribution in [3.63, 3.8) is 0 Å². The molecule has 0 saturated carbocycles. The van der Waals surface area contributed by atoms with E-state index in [1.165, 1.54) is 12.4 Å². The Bertz CT molecular complexity index is 2830. The van der Waals surface area contributed by atoms with Crippen LogP contribution in [0.5, 0.6) is 5.75 Å². The zero-order valence-corrected chi connectivity index (χ0v) is 42.8. The molecule has 0 radical (unpaired) electrons. The number of rotatable bonds is 27. The number of piperazine rings is 1. The summed E-state index contributed by atoms with van der Waals surface area (Å²) in [6, 6.07) is 17.9. The van der Waals surface area contributed by atoms with Gasteiger partial charge in [-0.1, -0.05) is 24.6 Å². The highest BCUT2D eigenvalue weighted by molar-refractivity contribution is 6.23. The molecule has 3 aromatic carbocycles. The third kappa shape index (κ3) is 14.2. The number of ether oxygens (including phenoxy) is 4. The van der Waals surface area contributed by atoms with Gasteiger partial charge in [-0.2, -0.15) is 0 Å². The number of nitrogens with zero attached hydrogens (tertiary/aromatic N) is 8. The Balaban J connectivity index is 0.602. The van der Waals surface area contributed by atoms with Gasteiger partial charge in [0.25, 0.3) is 17.7 Å². The third-order valence-electron chi connectivity index (χ3n) is 13.4. The molecule has 21 nitrogen and oxygen atoms in total. The number of unbranched alkanes of at least 4 members (excludes halogenated alkanes) is 3. The van der Waals surface area contributed by atoms with Crippen molar-refractivity contribution in [3.8, 4) is 17.3 Å². The highest BCUT2D eigenvalue weighted by Gasteiger charge is 2.45. The van der Waals surface area contributed by atoms with Gasteiger partial charge in [-0.25, -0.2) is 14.4 Å². The number of piperidine rings is 1. The number of amides is 6. The van der Waals surface area contributed by atoms with Gasteiger partial charge in [0.2, 0.25) is 17.7 Å². The van der Waals surface area contributed by atoms with Crippen molar-refractivity contribution in [2.24, 2.45) is 7.05 Å². The van der Waals surface area contributed by atoms with E-state index in [1.807, 2.05) is 61.0 Å². The van der Waals surface area contributed by atoms with E-state index in [0.717, 1.165) is 53.6 Å². The van der Waals surface area contributed by atoms with E-state index in [-0.39, 0.29) is 47.5 Å². The van der Waals surface area contributed by atoms with E-state index in [0.29, 0.717) is 115 Å². The smallest absolute Gasteiger partial charge is 0.262 e. The van der Waals surface area contributed by atoms with Gasteiger partial charge < -0.3 is 43.9 Å². The number of fused-ring (bicyclic) bond motifs is 1. The molecule has 0 bridgehead atoms. The summed E-state index contributed by atoms with van der Waals surface area (Å²) in [4.78, 5) is 88.8. The zero-order chi connectivity index (χ0) is 53.4. The van der Waals surface area contributed by atoms with Crippen LogP contribution in [-0.4, -0.2) is 148 Å². The first-order valence-electron chi connectivity index (χ1n) is 25.8. The number of carbonyl (C=O) groups is 6. The molecular weight excluding hydrogens is 982 g/mol. The van der Waals surface area contributed by atoms with Crippen LogP contribution in [0, 0.1) is 5.82 Å². The molecule has 3 aliphatic heterocycles. The van der Waals surface area contributed by atoms with E-state index in [9.17, 15) is 28.8 Å². The van der Waals surface area contributed by atoms with Gasteiger partial charge >= 0.3 is 0 Å². The summed E-state index contributed by atoms with van der Waals surface area (Å²) in [7, 11) is 1.88. The second-order valence-corrected chi connectivity index (χ2v) is 18.7. The summed E-state index contributed by atoms with van der Waals surface area (Å²) in [6.45, 7) is 7.19. The van der Waals surface area contributed by atoms with Crippen LogP contribution >= 0.6 is 0 Å². The summed E-state index contributed by atoms with van der Waals surface area (Å²) in [5.74, 6) is -1.43. The molecule has 22 heteroatoms. The van der Waals surface area contributed by atoms with Crippen molar-refractivity contribution in [2.45, 2.75) is 76.9 Å². The zero-order valence-electron chi connectivity index (χ0n) is 42.8. The van der Waals surface area contributed by atoms with E-state index < -0.39 is 35.5 Å². The average molecular weight is 1050 g/mol. The lowest BCUT2D eigenvalue weighted by molar-refractivity contribution is -0.136. The molecule has 2 atom stereocenters. The molecule has 5 heterocycles. The summed E-state index contributed by atoms with van der Waals surface area (Å²) >= 11 is 0. The molecule has 402 valence electrons. The van der Waals surface area contributed by atoms with Crippen molar-refractivity contribution in [1.82, 2.24) is 45.2 Å². The standard InChI is InChI=1S/C54H64FN11O10/c1-36(59-51(69)38-9-7-10-39(31-38)57-34-47-61-62-50(63(47)2)44-18-19-56-35-58-44)37-12-14-40(15-13-37)76-26-6-4-3-5-24-73-27-29-75-30-28-74-25-8-11-49(68)65-22-20-64(21-23-65)46-33-42-41(32-43(46)55)53(71)66(54(42)72)45-16-17-48(67)60-52(45)70/h7,9-10,12-15,18-19,31-33,35-36,45,57H,3-6,8,11,16-17,20-30,34H2,1-2H3,(H,59,69)(H,60,67,70). The Kier molecular flexibility index (Phi) is 19.2. The van der Waals surface area contributed by atoms with E-state index in [2.05, 4.69) is 36.1 Å². The third-order valence-corrected chi connectivity index (χ3v) is 13.4. The number of hydrogen-bond acceptors (Lipinski definition) is 16. The Hall–Kier alpha value is -7.69. The predicted octanol–water partition coefficient (Wildman–Crippen LogP) is 5.03. The lowest BCUT2D eigenvalue weighted by Crippen LogP contribution is -2.54. The van der Waals surface area contributed by atoms with Crippen molar-refractivity contribution in [2.75, 3.05) is 82.6 Å². The largest absolute Gasteiger partial charge is 0.494 e. The molecule has 2 saturated heterocycles. The number of anilines is 2. The monoisotopic (exact) mass is 1050 g/mol. The minimum Gasteiger partial charge on any atom is -0.494 e. The van der Waals surface area contributed by atoms with E-state index in [1.54, 1.807) is 28.1 Å². The predicted molar refractivity (Wildman–Crippen MR) is 276 cm³/mol.